The molecule has 0 unspecified atom stereocenters. The van der Waals surface area contributed by atoms with Crippen LogP contribution in [0.25, 0.3) is 0 Å². The summed E-state index contributed by atoms with van der Waals surface area (Å²) in [6.07, 6.45) is 4.54. The molecule has 2 aromatic rings. The number of aryl methyl sites for hydroxylation is 2. The number of piperidine rings is 1. The van der Waals surface area contributed by atoms with Gasteiger partial charge in [-0.05, 0) is 64.5 Å². The van der Waals surface area contributed by atoms with Crippen LogP contribution in [0.15, 0.2) is 24.4 Å². The van der Waals surface area contributed by atoms with Crippen LogP contribution in [0.2, 0.25) is 5.02 Å². The van der Waals surface area contributed by atoms with Crippen molar-refractivity contribution < 1.29 is 14.0 Å². The van der Waals surface area contributed by atoms with Gasteiger partial charge >= 0.3 is 0 Å². The Hall–Kier alpha value is -2.18. The first-order chi connectivity index (χ1) is 12.8. The van der Waals surface area contributed by atoms with E-state index in [2.05, 4.69) is 22.2 Å². The monoisotopic (exact) mass is 393 g/mol. The fourth-order valence-electron chi connectivity index (χ4n) is 2.92. The molecule has 0 aliphatic carbocycles. The van der Waals surface area contributed by atoms with Crippen molar-refractivity contribution in [1.29, 1.82) is 0 Å². The highest BCUT2D eigenvalue weighted by atomic mass is 35.5. The number of aromatic amines is 1. The molecule has 0 bridgehead atoms. The smallest absolute Gasteiger partial charge is 0.207 e. The maximum absolute atomic E-state index is 13.9. The van der Waals surface area contributed by atoms with Crippen molar-refractivity contribution >= 4 is 23.8 Å². The van der Waals surface area contributed by atoms with Gasteiger partial charge in [0.2, 0.25) is 6.41 Å². The van der Waals surface area contributed by atoms with E-state index in [9.17, 15) is 14.0 Å². The van der Waals surface area contributed by atoms with Crippen molar-refractivity contribution in [1.82, 2.24) is 15.2 Å². The number of ketones is 1. The minimum absolute atomic E-state index is 0.0642. The van der Waals surface area contributed by atoms with Crippen molar-refractivity contribution in [2.75, 3.05) is 20.1 Å². The fourth-order valence-corrected chi connectivity index (χ4v) is 3.15. The maximum atomic E-state index is 13.9. The molecule has 0 atom stereocenters. The van der Waals surface area contributed by atoms with Crippen molar-refractivity contribution in [3.63, 3.8) is 0 Å². The van der Waals surface area contributed by atoms with Gasteiger partial charge in [0.25, 0.3) is 0 Å². The molecule has 1 amide bonds. The maximum Gasteiger partial charge on any atom is 0.207 e. The molecule has 2 heterocycles. The summed E-state index contributed by atoms with van der Waals surface area (Å²) in [4.78, 5) is 27.3. The van der Waals surface area contributed by atoms with Gasteiger partial charge < -0.3 is 15.2 Å². The molecule has 5 nitrogen and oxygen atoms in total. The number of hydrogen-bond acceptors (Lipinski definition) is 3. The van der Waals surface area contributed by atoms with Crippen molar-refractivity contribution in [2.24, 2.45) is 0 Å². The molecular formula is C20H25ClFN3O2. The Morgan fingerprint density at radius 1 is 1.33 bits per heavy atom. The van der Waals surface area contributed by atoms with Crippen LogP contribution in [0.3, 0.4) is 0 Å². The van der Waals surface area contributed by atoms with E-state index >= 15 is 0 Å². The minimum atomic E-state index is -0.554. The molecule has 7 heteroatoms. The highest BCUT2D eigenvalue weighted by Gasteiger charge is 2.20. The van der Waals surface area contributed by atoms with Gasteiger partial charge in [0, 0.05) is 23.5 Å². The number of carbonyl (C=O) groups excluding carboxylic acids is 2. The molecule has 2 N–H and O–H groups in total. The number of amides is 1. The average molecular weight is 394 g/mol. The third-order valence-electron chi connectivity index (χ3n) is 4.62. The van der Waals surface area contributed by atoms with Gasteiger partial charge in [0.15, 0.2) is 5.78 Å². The van der Waals surface area contributed by atoms with E-state index < -0.39 is 11.6 Å². The molecule has 1 aromatic carbocycles. The van der Waals surface area contributed by atoms with Crippen LogP contribution in [0.4, 0.5) is 4.39 Å². The molecular weight excluding hydrogens is 369 g/mol. The molecule has 1 saturated heterocycles. The Bertz CT molecular complexity index is 799. The number of carbonyl (C=O) groups is 2. The largest absolute Gasteiger partial charge is 0.364 e. The van der Waals surface area contributed by atoms with Gasteiger partial charge in [0.05, 0.1) is 10.6 Å². The van der Waals surface area contributed by atoms with Crippen LogP contribution in [-0.2, 0) is 4.79 Å². The fraction of sp³-hybridized carbons (Fsp3) is 0.400. The number of likely N-dealkylation sites (tertiary alicyclic amines) is 1. The molecule has 1 aliphatic heterocycles. The van der Waals surface area contributed by atoms with Gasteiger partial charge in [-0.25, -0.2) is 4.39 Å². The first-order valence-electron chi connectivity index (χ1n) is 8.86. The Balaban J connectivity index is 0.000000223. The predicted octanol–water partition coefficient (Wildman–Crippen LogP) is 3.48. The Morgan fingerprint density at radius 3 is 2.56 bits per heavy atom. The summed E-state index contributed by atoms with van der Waals surface area (Å²) in [6, 6.07) is 5.18. The topological polar surface area (TPSA) is 65.2 Å². The first-order valence-corrected chi connectivity index (χ1v) is 9.23. The summed E-state index contributed by atoms with van der Waals surface area (Å²) in [5, 5.41) is 2.93. The average Bonchev–Trinajstić information content (AvgIpc) is 3.08. The highest BCUT2D eigenvalue weighted by Crippen LogP contribution is 2.25. The van der Waals surface area contributed by atoms with E-state index in [1.807, 2.05) is 6.92 Å². The number of aromatic nitrogens is 1. The Morgan fingerprint density at radius 2 is 2.00 bits per heavy atom. The zero-order valence-electron chi connectivity index (χ0n) is 15.8. The SMILES string of the molecule is CN1CCC(NC=O)CC1.Cc1cc(C(=O)c2c(Cl)ccc(C)c2F)c[nH]1. The van der Waals surface area contributed by atoms with Crippen LogP contribution in [0, 0.1) is 19.7 Å². The molecule has 1 aliphatic rings. The van der Waals surface area contributed by atoms with Gasteiger partial charge in [-0.2, -0.15) is 0 Å². The molecule has 3 rings (SSSR count). The zero-order chi connectivity index (χ0) is 20.0. The normalized spacial score (nSPS) is 15.0. The quantitative estimate of drug-likeness (QED) is 0.617. The summed E-state index contributed by atoms with van der Waals surface area (Å²) in [7, 11) is 2.11. The Kier molecular flexibility index (Phi) is 7.56. The summed E-state index contributed by atoms with van der Waals surface area (Å²) < 4.78 is 13.9. The number of halogens is 2. The lowest BCUT2D eigenvalue weighted by molar-refractivity contribution is -0.110. The van der Waals surface area contributed by atoms with E-state index in [0.29, 0.717) is 17.2 Å². The third kappa shape index (κ3) is 5.65. The predicted molar refractivity (Wildman–Crippen MR) is 105 cm³/mol. The van der Waals surface area contributed by atoms with Gasteiger partial charge in [-0.15, -0.1) is 0 Å². The lowest BCUT2D eigenvalue weighted by Gasteiger charge is -2.28. The lowest BCUT2D eigenvalue weighted by atomic mass is 10.0. The second-order valence-electron chi connectivity index (χ2n) is 6.82. The van der Waals surface area contributed by atoms with Gasteiger partial charge in [0.1, 0.15) is 5.82 Å². The number of rotatable bonds is 4. The zero-order valence-corrected chi connectivity index (χ0v) is 16.6. The molecule has 0 spiro atoms. The number of benzene rings is 1. The van der Waals surface area contributed by atoms with E-state index in [1.54, 1.807) is 25.3 Å². The second kappa shape index (κ2) is 9.67. The highest BCUT2D eigenvalue weighted by molar-refractivity contribution is 6.35. The molecule has 0 radical (unpaired) electrons. The van der Waals surface area contributed by atoms with E-state index in [1.165, 1.54) is 6.07 Å². The molecule has 1 fully saturated rings. The number of H-pyrrole nitrogens is 1. The number of nitrogens with zero attached hydrogens (tertiary/aromatic N) is 1. The van der Waals surface area contributed by atoms with Crippen LogP contribution in [0.5, 0.6) is 0 Å². The van der Waals surface area contributed by atoms with E-state index in [0.717, 1.165) is 38.0 Å². The van der Waals surface area contributed by atoms with Gasteiger partial charge in [-0.3, -0.25) is 9.59 Å². The van der Waals surface area contributed by atoms with Gasteiger partial charge in [-0.1, -0.05) is 17.7 Å². The van der Waals surface area contributed by atoms with Crippen molar-refractivity contribution in [2.45, 2.75) is 32.7 Å². The van der Waals surface area contributed by atoms with Crippen LogP contribution in [0.1, 0.15) is 40.0 Å². The second-order valence-corrected chi connectivity index (χ2v) is 7.22. The van der Waals surface area contributed by atoms with Crippen LogP contribution >= 0.6 is 11.6 Å². The van der Waals surface area contributed by atoms with E-state index in [4.69, 9.17) is 11.6 Å². The lowest BCUT2D eigenvalue weighted by Crippen LogP contribution is -2.40. The first kappa shape index (κ1) is 21.1. The number of hydrogen-bond donors (Lipinski definition) is 2. The molecule has 27 heavy (non-hydrogen) atoms. The Labute approximate surface area is 163 Å². The number of nitrogens with one attached hydrogen (secondary N) is 2. The summed E-state index contributed by atoms with van der Waals surface area (Å²) in [6.45, 7) is 5.63. The van der Waals surface area contributed by atoms with Crippen LogP contribution < -0.4 is 5.32 Å². The standard InChI is InChI=1S/C13H11ClFNO.C7H14N2O/c1-7-3-4-10(14)11(12(7)15)13(17)9-5-8(2)16-6-9;1-9-4-2-7(3-5-9)8-6-10/h3-6,16H,1-2H3;6-7H,2-5H2,1H3,(H,8,10). The summed E-state index contributed by atoms with van der Waals surface area (Å²) >= 11 is 5.88. The van der Waals surface area contributed by atoms with Crippen LogP contribution in [-0.4, -0.2) is 48.3 Å². The molecule has 1 aromatic heterocycles. The molecule has 146 valence electrons. The summed E-state index contributed by atoms with van der Waals surface area (Å²) in [5.74, 6) is -0.957. The van der Waals surface area contributed by atoms with Crippen molar-refractivity contribution in [3.8, 4) is 0 Å². The minimum Gasteiger partial charge on any atom is -0.364 e. The molecule has 0 saturated carbocycles. The van der Waals surface area contributed by atoms with E-state index in [-0.39, 0.29) is 10.6 Å². The third-order valence-corrected chi connectivity index (χ3v) is 4.94. The van der Waals surface area contributed by atoms with Crippen molar-refractivity contribution in [3.05, 3.63) is 57.6 Å². The summed E-state index contributed by atoms with van der Waals surface area (Å²) in [5.41, 5.74) is 1.60.